The van der Waals surface area contributed by atoms with Gasteiger partial charge in [-0.2, -0.15) is 4.98 Å². The molecule has 1 heterocycles. The van der Waals surface area contributed by atoms with E-state index < -0.39 is 0 Å². The summed E-state index contributed by atoms with van der Waals surface area (Å²) in [4.78, 5) is 8.57. The van der Waals surface area contributed by atoms with Crippen molar-refractivity contribution in [2.45, 2.75) is 12.8 Å². The molecule has 0 atom stereocenters. The number of nitrogens with zero attached hydrogens (tertiary/aromatic N) is 2. The minimum atomic E-state index is 0.185. The first kappa shape index (κ1) is 17.5. The Morgan fingerprint density at radius 2 is 1.23 bits per heavy atom. The summed E-state index contributed by atoms with van der Waals surface area (Å²) in [6, 6.07) is 15.7. The van der Waals surface area contributed by atoms with E-state index in [1.54, 1.807) is 14.2 Å². The van der Waals surface area contributed by atoms with Crippen LogP contribution in [-0.2, 0) is 12.8 Å². The fraction of sp³-hybridized carbons (Fsp3) is 0.200. The maximum atomic E-state index is 6.15. The Morgan fingerprint density at radius 3 is 1.73 bits per heavy atom. The summed E-state index contributed by atoms with van der Waals surface area (Å²) in [5.41, 5.74) is 15.9. The predicted octanol–water partition coefficient (Wildman–Crippen LogP) is 2.84. The summed E-state index contributed by atoms with van der Waals surface area (Å²) < 4.78 is 10.4. The number of methoxy groups -OCH3 is 2. The van der Waals surface area contributed by atoms with E-state index in [1.165, 1.54) is 0 Å². The van der Waals surface area contributed by atoms with Crippen LogP contribution in [-0.4, -0.2) is 24.2 Å². The van der Waals surface area contributed by atoms with Crippen LogP contribution in [0.1, 0.15) is 22.4 Å². The number of hydrogen-bond donors (Lipinski definition) is 2. The molecular formula is C20H22N4O2. The zero-order valence-electron chi connectivity index (χ0n) is 14.9. The first-order chi connectivity index (χ1) is 12.6. The Kier molecular flexibility index (Phi) is 5.22. The lowest BCUT2D eigenvalue weighted by molar-refractivity contribution is 0.414. The minimum absolute atomic E-state index is 0.185. The lowest BCUT2D eigenvalue weighted by Crippen LogP contribution is -2.10. The molecule has 6 nitrogen and oxygen atoms in total. The van der Waals surface area contributed by atoms with Gasteiger partial charge in [0.15, 0.2) is 0 Å². The number of hydrogen-bond acceptors (Lipinski definition) is 6. The van der Waals surface area contributed by atoms with Crippen LogP contribution >= 0.6 is 0 Å². The molecule has 0 unspecified atom stereocenters. The van der Waals surface area contributed by atoms with Crippen LogP contribution in [0.25, 0.3) is 0 Å². The van der Waals surface area contributed by atoms with Crippen molar-refractivity contribution < 1.29 is 9.47 Å². The highest BCUT2D eigenvalue weighted by Gasteiger charge is 2.13. The molecule has 0 saturated heterocycles. The van der Waals surface area contributed by atoms with Crippen molar-refractivity contribution in [3.63, 3.8) is 0 Å². The number of ether oxygens (including phenoxy) is 2. The van der Waals surface area contributed by atoms with Gasteiger partial charge in [-0.1, -0.05) is 24.3 Å². The Balaban J connectivity index is 1.90. The minimum Gasteiger partial charge on any atom is -0.497 e. The van der Waals surface area contributed by atoms with E-state index in [-0.39, 0.29) is 5.95 Å². The maximum Gasteiger partial charge on any atom is 0.222 e. The van der Waals surface area contributed by atoms with Crippen LogP contribution in [0.5, 0.6) is 11.5 Å². The van der Waals surface area contributed by atoms with Crippen LogP contribution in [0, 0.1) is 0 Å². The molecule has 0 aliphatic rings. The molecule has 0 aliphatic heterocycles. The fourth-order valence-electron chi connectivity index (χ4n) is 2.79. The van der Waals surface area contributed by atoms with E-state index in [9.17, 15) is 0 Å². The number of nitrogens with two attached hydrogens (primary N) is 2. The van der Waals surface area contributed by atoms with E-state index in [4.69, 9.17) is 20.9 Å². The SMILES string of the molecule is COc1ccc(Cc2nc(N)nc(N)c2Cc2ccc(OC)cc2)cc1. The monoisotopic (exact) mass is 350 g/mol. The van der Waals surface area contributed by atoms with E-state index >= 15 is 0 Å². The average Bonchev–Trinajstić information content (AvgIpc) is 2.65. The molecule has 0 amide bonds. The summed E-state index contributed by atoms with van der Waals surface area (Å²) in [7, 11) is 3.29. The van der Waals surface area contributed by atoms with Gasteiger partial charge in [-0.25, -0.2) is 4.98 Å². The standard InChI is InChI=1S/C20H22N4O2/c1-25-15-7-3-13(4-8-15)11-17-18(23-20(22)24-19(17)21)12-14-5-9-16(26-2)10-6-14/h3-10H,11-12H2,1-2H3,(H4,21,22,23,24). The molecule has 26 heavy (non-hydrogen) atoms. The van der Waals surface area contributed by atoms with Gasteiger partial charge in [-0.15, -0.1) is 0 Å². The van der Waals surface area contributed by atoms with Crippen LogP contribution in [0.15, 0.2) is 48.5 Å². The molecule has 0 radical (unpaired) electrons. The number of nitrogen functional groups attached to an aromatic ring is 2. The third-order valence-electron chi connectivity index (χ3n) is 4.21. The highest BCUT2D eigenvalue weighted by Crippen LogP contribution is 2.23. The normalized spacial score (nSPS) is 10.5. The van der Waals surface area contributed by atoms with Crippen LogP contribution in [0.2, 0.25) is 0 Å². The van der Waals surface area contributed by atoms with Crippen molar-refractivity contribution in [1.29, 1.82) is 0 Å². The van der Waals surface area contributed by atoms with Gasteiger partial charge in [0, 0.05) is 18.4 Å². The van der Waals surface area contributed by atoms with Crippen molar-refractivity contribution in [1.82, 2.24) is 9.97 Å². The molecule has 0 spiro atoms. The average molecular weight is 350 g/mol. The second kappa shape index (κ2) is 7.74. The van der Waals surface area contributed by atoms with Crippen molar-refractivity contribution in [2.24, 2.45) is 0 Å². The van der Waals surface area contributed by atoms with Crippen molar-refractivity contribution in [3.05, 3.63) is 70.9 Å². The highest BCUT2D eigenvalue weighted by atomic mass is 16.5. The van der Waals surface area contributed by atoms with E-state index in [0.29, 0.717) is 18.7 Å². The second-order valence-electron chi connectivity index (χ2n) is 5.94. The molecule has 0 saturated carbocycles. The summed E-state index contributed by atoms with van der Waals surface area (Å²) in [6.45, 7) is 0. The van der Waals surface area contributed by atoms with Crippen LogP contribution in [0.3, 0.4) is 0 Å². The number of aromatic nitrogens is 2. The topological polar surface area (TPSA) is 96.3 Å². The van der Waals surface area contributed by atoms with Crippen molar-refractivity contribution in [2.75, 3.05) is 25.7 Å². The first-order valence-corrected chi connectivity index (χ1v) is 8.25. The zero-order chi connectivity index (χ0) is 18.5. The molecule has 0 fully saturated rings. The van der Waals surface area contributed by atoms with Gasteiger partial charge in [-0.05, 0) is 35.4 Å². The lowest BCUT2D eigenvalue weighted by atomic mass is 9.99. The third-order valence-corrected chi connectivity index (χ3v) is 4.21. The molecule has 4 N–H and O–H groups in total. The first-order valence-electron chi connectivity index (χ1n) is 8.25. The fourth-order valence-corrected chi connectivity index (χ4v) is 2.79. The Labute approximate surface area is 152 Å². The van der Waals surface area contributed by atoms with E-state index in [2.05, 4.69) is 9.97 Å². The van der Waals surface area contributed by atoms with Crippen molar-refractivity contribution >= 4 is 11.8 Å². The molecule has 1 aromatic heterocycles. The molecule has 3 rings (SSSR count). The van der Waals surface area contributed by atoms with Gasteiger partial charge < -0.3 is 20.9 Å². The molecule has 2 aromatic carbocycles. The Hall–Kier alpha value is -3.28. The van der Waals surface area contributed by atoms with Crippen LogP contribution in [0.4, 0.5) is 11.8 Å². The van der Waals surface area contributed by atoms with E-state index in [0.717, 1.165) is 33.9 Å². The molecule has 134 valence electrons. The molecule has 0 bridgehead atoms. The number of benzene rings is 2. The predicted molar refractivity (Wildman–Crippen MR) is 102 cm³/mol. The quantitative estimate of drug-likeness (QED) is 0.710. The largest absolute Gasteiger partial charge is 0.497 e. The molecule has 6 heteroatoms. The summed E-state index contributed by atoms with van der Waals surface area (Å²) in [5.74, 6) is 2.23. The highest BCUT2D eigenvalue weighted by molar-refractivity contribution is 5.50. The number of rotatable bonds is 6. The lowest BCUT2D eigenvalue weighted by Gasteiger charge is -2.13. The smallest absolute Gasteiger partial charge is 0.222 e. The van der Waals surface area contributed by atoms with Gasteiger partial charge >= 0.3 is 0 Å². The Morgan fingerprint density at radius 1 is 0.731 bits per heavy atom. The summed E-state index contributed by atoms with van der Waals surface area (Å²) in [5, 5.41) is 0. The Bertz CT molecular complexity index is 878. The zero-order valence-corrected chi connectivity index (χ0v) is 14.9. The summed E-state index contributed by atoms with van der Waals surface area (Å²) >= 11 is 0. The second-order valence-corrected chi connectivity index (χ2v) is 5.94. The molecule has 0 aliphatic carbocycles. The van der Waals surface area contributed by atoms with Crippen LogP contribution < -0.4 is 20.9 Å². The maximum absolute atomic E-state index is 6.15. The third kappa shape index (κ3) is 4.03. The van der Waals surface area contributed by atoms with Gasteiger partial charge in [-0.3, -0.25) is 0 Å². The summed E-state index contributed by atoms with van der Waals surface area (Å²) in [6.07, 6.45) is 1.24. The van der Waals surface area contributed by atoms with Crippen molar-refractivity contribution in [3.8, 4) is 11.5 Å². The number of anilines is 2. The molecular weight excluding hydrogens is 328 g/mol. The van der Waals surface area contributed by atoms with Gasteiger partial charge in [0.2, 0.25) is 5.95 Å². The van der Waals surface area contributed by atoms with Gasteiger partial charge in [0.1, 0.15) is 17.3 Å². The van der Waals surface area contributed by atoms with Gasteiger partial charge in [0.25, 0.3) is 0 Å². The molecule has 3 aromatic rings. The van der Waals surface area contributed by atoms with Gasteiger partial charge in [0.05, 0.1) is 19.9 Å². The van der Waals surface area contributed by atoms with E-state index in [1.807, 2.05) is 48.5 Å².